The average molecular weight is 235 g/mol. The van der Waals surface area contributed by atoms with Crippen LogP contribution >= 0.6 is 11.6 Å². The van der Waals surface area contributed by atoms with Gasteiger partial charge in [0.2, 0.25) is 0 Å². The third-order valence-corrected chi connectivity index (χ3v) is 3.12. The molecule has 16 heavy (non-hydrogen) atoms. The lowest BCUT2D eigenvalue weighted by Crippen LogP contribution is -2.10. The van der Waals surface area contributed by atoms with Gasteiger partial charge in [0, 0.05) is 5.39 Å². The van der Waals surface area contributed by atoms with Crippen LogP contribution in [0.2, 0.25) is 5.02 Å². The van der Waals surface area contributed by atoms with Crippen molar-refractivity contribution < 1.29 is 0 Å². The topological polar surface area (TPSA) is 38.9 Å². The van der Waals surface area contributed by atoms with E-state index in [0.29, 0.717) is 10.7 Å². The molecule has 0 bridgehead atoms. The van der Waals surface area contributed by atoms with Gasteiger partial charge in [0.25, 0.3) is 0 Å². The highest BCUT2D eigenvalue weighted by Gasteiger charge is 2.15. The largest absolute Gasteiger partial charge is 0.396 e. The van der Waals surface area contributed by atoms with Gasteiger partial charge in [0.1, 0.15) is 0 Å². The lowest BCUT2D eigenvalue weighted by molar-refractivity contribution is 0.591. The molecule has 0 aliphatic rings. The van der Waals surface area contributed by atoms with Crippen LogP contribution in [0.4, 0.5) is 5.69 Å². The molecule has 0 aliphatic carbocycles. The number of anilines is 1. The summed E-state index contributed by atoms with van der Waals surface area (Å²) >= 11 is 6.18. The first-order valence-corrected chi connectivity index (χ1v) is 5.61. The lowest BCUT2D eigenvalue weighted by atomic mass is 9.86. The molecule has 1 aromatic carbocycles. The summed E-state index contributed by atoms with van der Waals surface area (Å²) in [4.78, 5) is 4.26. The Morgan fingerprint density at radius 3 is 2.56 bits per heavy atom. The fourth-order valence-corrected chi connectivity index (χ4v) is 1.84. The van der Waals surface area contributed by atoms with Gasteiger partial charge < -0.3 is 5.73 Å². The van der Waals surface area contributed by atoms with Crippen molar-refractivity contribution in [1.29, 1.82) is 0 Å². The van der Waals surface area contributed by atoms with E-state index < -0.39 is 0 Å². The summed E-state index contributed by atoms with van der Waals surface area (Å²) in [7, 11) is 0. The molecule has 0 radical (unpaired) electrons. The number of aromatic nitrogens is 1. The van der Waals surface area contributed by atoms with Gasteiger partial charge in [-0.3, -0.25) is 4.98 Å². The van der Waals surface area contributed by atoms with E-state index in [9.17, 15) is 0 Å². The van der Waals surface area contributed by atoms with Gasteiger partial charge in [-0.05, 0) is 23.1 Å². The highest BCUT2D eigenvalue weighted by Crippen LogP contribution is 2.31. The Balaban J connectivity index is 2.74. The Labute approximate surface area is 100 Å². The minimum absolute atomic E-state index is 0.0993. The number of benzene rings is 1. The number of nitrogens with zero attached hydrogens (tertiary/aromatic N) is 1. The molecule has 0 aliphatic heterocycles. The summed E-state index contributed by atoms with van der Waals surface area (Å²) in [5.41, 5.74) is 8.49. The van der Waals surface area contributed by atoms with E-state index in [1.807, 2.05) is 6.07 Å². The summed E-state index contributed by atoms with van der Waals surface area (Å²) in [6, 6.07) is 6.14. The van der Waals surface area contributed by atoms with Crippen LogP contribution in [0.15, 0.2) is 24.4 Å². The monoisotopic (exact) mass is 234 g/mol. The molecule has 1 heterocycles. The number of pyridine rings is 1. The van der Waals surface area contributed by atoms with Crippen LogP contribution in [0.5, 0.6) is 0 Å². The van der Waals surface area contributed by atoms with E-state index in [1.165, 1.54) is 5.56 Å². The molecule has 2 aromatic rings. The summed E-state index contributed by atoms with van der Waals surface area (Å²) in [5, 5.41) is 1.52. The quantitative estimate of drug-likeness (QED) is 0.754. The van der Waals surface area contributed by atoms with E-state index in [0.717, 1.165) is 10.9 Å². The maximum atomic E-state index is 6.18. The fourth-order valence-electron chi connectivity index (χ4n) is 1.64. The van der Waals surface area contributed by atoms with Gasteiger partial charge >= 0.3 is 0 Å². The molecule has 0 spiro atoms. The molecule has 1 aromatic heterocycles. The predicted molar refractivity (Wildman–Crippen MR) is 69.9 cm³/mol. The van der Waals surface area contributed by atoms with Crippen molar-refractivity contribution in [2.45, 2.75) is 26.2 Å². The molecule has 3 heteroatoms. The molecule has 0 atom stereocenters. The maximum Gasteiger partial charge on any atom is 0.0745 e. The first-order chi connectivity index (χ1) is 7.39. The highest BCUT2D eigenvalue weighted by molar-refractivity contribution is 6.37. The summed E-state index contributed by atoms with van der Waals surface area (Å²) in [6.45, 7) is 6.51. The summed E-state index contributed by atoms with van der Waals surface area (Å²) in [5.74, 6) is 0. The second-order valence-corrected chi connectivity index (χ2v) is 5.39. The van der Waals surface area contributed by atoms with Crippen LogP contribution in [0.1, 0.15) is 26.3 Å². The van der Waals surface area contributed by atoms with Gasteiger partial charge in [-0.15, -0.1) is 0 Å². The Hall–Kier alpha value is -1.28. The maximum absolute atomic E-state index is 6.18. The Morgan fingerprint density at radius 2 is 1.94 bits per heavy atom. The van der Waals surface area contributed by atoms with Crippen LogP contribution < -0.4 is 5.73 Å². The molecule has 0 amide bonds. The molecule has 0 saturated heterocycles. The third kappa shape index (κ3) is 1.85. The molecule has 0 fully saturated rings. The van der Waals surface area contributed by atoms with E-state index in [2.05, 4.69) is 37.9 Å². The number of fused-ring (bicyclic) bond motifs is 1. The molecule has 0 unspecified atom stereocenters. The normalized spacial score (nSPS) is 12.0. The second kappa shape index (κ2) is 3.63. The number of hydrogen-bond donors (Lipinski definition) is 1. The zero-order chi connectivity index (χ0) is 11.9. The fraction of sp³-hybridized carbons (Fsp3) is 0.308. The number of halogens is 1. The van der Waals surface area contributed by atoms with Gasteiger partial charge in [-0.1, -0.05) is 38.4 Å². The van der Waals surface area contributed by atoms with E-state index >= 15 is 0 Å². The van der Waals surface area contributed by atoms with Crippen molar-refractivity contribution in [3.05, 3.63) is 35.0 Å². The highest BCUT2D eigenvalue weighted by atomic mass is 35.5. The zero-order valence-corrected chi connectivity index (χ0v) is 10.5. The average Bonchev–Trinajstić information content (AvgIpc) is 2.22. The minimum Gasteiger partial charge on any atom is -0.396 e. The minimum atomic E-state index is 0.0993. The third-order valence-electron chi connectivity index (χ3n) is 2.70. The molecular weight excluding hydrogens is 220 g/mol. The standard InChI is InChI=1S/C13H15ClN2/c1-13(2,3)8-4-5-11-9(6-8)12(14)10(15)7-16-11/h4-7H,15H2,1-3H3. The van der Waals surface area contributed by atoms with Crippen molar-refractivity contribution in [3.8, 4) is 0 Å². The first kappa shape index (κ1) is 11.2. The van der Waals surface area contributed by atoms with Crippen LogP contribution in [-0.2, 0) is 5.41 Å². The predicted octanol–water partition coefficient (Wildman–Crippen LogP) is 3.77. The van der Waals surface area contributed by atoms with Gasteiger partial charge in [-0.25, -0.2) is 0 Å². The lowest BCUT2D eigenvalue weighted by Gasteiger charge is -2.19. The number of nitrogen functional groups attached to an aromatic ring is 1. The Morgan fingerprint density at radius 1 is 1.25 bits per heavy atom. The van der Waals surface area contributed by atoms with Crippen LogP contribution in [0.25, 0.3) is 10.9 Å². The van der Waals surface area contributed by atoms with Gasteiger partial charge in [0.05, 0.1) is 22.4 Å². The molecule has 2 nitrogen and oxygen atoms in total. The van der Waals surface area contributed by atoms with Crippen LogP contribution in [0, 0.1) is 0 Å². The molecule has 2 rings (SSSR count). The molecular formula is C13H15ClN2. The first-order valence-electron chi connectivity index (χ1n) is 5.24. The SMILES string of the molecule is CC(C)(C)c1ccc2ncc(N)c(Cl)c2c1. The second-order valence-electron chi connectivity index (χ2n) is 5.01. The van der Waals surface area contributed by atoms with Gasteiger partial charge in [0.15, 0.2) is 0 Å². The number of rotatable bonds is 0. The van der Waals surface area contributed by atoms with E-state index in [1.54, 1.807) is 6.20 Å². The van der Waals surface area contributed by atoms with Crippen LogP contribution in [-0.4, -0.2) is 4.98 Å². The van der Waals surface area contributed by atoms with Crippen molar-refractivity contribution in [3.63, 3.8) is 0 Å². The number of nitrogens with two attached hydrogens (primary N) is 1. The van der Waals surface area contributed by atoms with Gasteiger partial charge in [-0.2, -0.15) is 0 Å². The summed E-state index contributed by atoms with van der Waals surface area (Å²) in [6.07, 6.45) is 1.60. The summed E-state index contributed by atoms with van der Waals surface area (Å²) < 4.78 is 0. The van der Waals surface area contributed by atoms with Crippen molar-refractivity contribution in [2.24, 2.45) is 0 Å². The Kier molecular flexibility index (Phi) is 2.55. The van der Waals surface area contributed by atoms with E-state index in [-0.39, 0.29) is 5.41 Å². The van der Waals surface area contributed by atoms with Crippen molar-refractivity contribution in [2.75, 3.05) is 5.73 Å². The Bertz CT molecular complexity index is 541. The molecule has 84 valence electrons. The van der Waals surface area contributed by atoms with Crippen molar-refractivity contribution in [1.82, 2.24) is 4.98 Å². The molecule has 2 N–H and O–H groups in total. The van der Waals surface area contributed by atoms with E-state index in [4.69, 9.17) is 17.3 Å². The molecule has 0 saturated carbocycles. The van der Waals surface area contributed by atoms with Crippen LogP contribution in [0.3, 0.4) is 0 Å². The zero-order valence-electron chi connectivity index (χ0n) is 9.71. The smallest absolute Gasteiger partial charge is 0.0745 e. The van der Waals surface area contributed by atoms with Crippen molar-refractivity contribution >= 4 is 28.2 Å². The number of hydrogen-bond acceptors (Lipinski definition) is 2.